The molecular weight excluding hydrogens is 256 g/mol. The van der Waals surface area contributed by atoms with Gasteiger partial charge < -0.3 is 5.32 Å². The normalized spacial score (nSPS) is 32.0. The summed E-state index contributed by atoms with van der Waals surface area (Å²) in [7, 11) is 0. The molecule has 0 amide bonds. The van der Waals surface area contributed by atoms with Crippen LogP contribution in [-0.4, -0.2) is 30.1 Å². The first-order valence-corrected chi connectivity index (χ1v) is 8.65. The molecule has 2 heteroatoms. The average molecular weight is 286 g/mol. The van der Waals surface area contributed by atoms with Crippen LogP contribution in [0.4, 0.5) is 0 Å². The number of benzene rings is 1. The van der Waals surface area contributed by atoms with Crippen LogP contribution in [-0.2, 0) is 0 Å². The summed E-state index contributed by atoms with van der Waals surface area (Å²) in [5.41, 5.74) is 1.74. The van der Waals surface area contributed by atoms with E-state index in [0.717, 1.165) is 18.4 Å². The molecule has 2 fully saturated rings. The minimum atomic E-state index is 0.272. The van der Waals surface area contributed by atoms with Gasteiger partial charge in [-0.1, -0.05) is 44.2 Å². The molecule has 0 radical (unpaired) electrons. The van der Waals surface area contributed by atoms with E-state index in [1.165, 1.54) is 37.9 Å². The van der Waals surface area contributed by atoms with Gasteiger partial charge in [0.25, 0.3) is 0 Å². The molecule has 3 unspecified atom stereocenters. The zero-order chi connectivity index (χ0) is 14.9. The van der Waals surface area contributed by atoms with Gasteiger partial charge in [0, 0.05) is 31.2 Å². The van der Waals surface area contributed by atoms with Gasteiger partial charge in [0.1, 0.15) is 0 Å². The Labute approximate surface area is 129 Å². The van der Waals surface area contributed by atoms with E-state index in [4.69, 9.17) is 0 Å². The van der Waals surface area contributed by atoms with E-state index in [-0.39, 0.29) is 5.54 Å². The van der Waals surface area contributed by atoms with Crippen LogP contribution < -0.4 is 5.32 Å². The van der Waals surface area contributed by atoms with E-state index in [1.54, 1.807) is 0 Å². The van der Waals surface area contributed by atoms with Crippen molar-refractivity contribution in [2.45, 2.75) is 51.6 Å². The lowest BCUT2D eigenvalue weighted by Crippen LogP contribution is -2.60. The third-order valence-corrected chi connectivity index (χ3v) is 5.63. The van der Waals surface area contributed by atoms with Gasteiger partial charge in [-0.05, 0) is 43.6 Å². The van der Waals surface area contributed by atoms with Crippen LogP contribution >= 0.6 is 0 Å². The molecule has 3 atom stereocenters. The molecule has 1 saturated heterocycles. The summed E-state index contributed by atoms with van der Waals surface area (Å²) in [6, 6.07) is 11.6. The summed E-state index contributed by atoms with van der Waals surface area (Å²) in [5, 5.41) is 3.80. The van der Waals surface area contributed by atoms with Crippen molar-refractivity contribution in [1.29, 1.82) is 0 Å². The monoisotopic (exact) mass is 286 g/mol. The minimum Gasteiger partial charge on any atom is -0.308 e. The SMILES string of the molecule is CCC1(C)CN(CC(C)C2CC2)C(c2ccccc2)CN1. The van der Waals surface area contributed by atoms with E-state index in [2.05, 4.69) is 61.3 Å². The van der Waals surface area contributed by atoms with Crippen molar-refractivity contribution in [3.05, 3.63) is 35.9 Å². The maximum Gasteiger partial charge on any atom is 0.0473 e. The Morgan fingerprint density at radius 2 is 2.00 bits per heavy atom. The summed E-state index contributed by atoms with van der Waals surface area (Å²) in [5.74, 6) is 1.83. The zero-order valence-corrected chi connectivity index (χ0v) is 13.8. The molecule has 1 aliphatic carbocycles. The molecular formula is C19H30N2. The lowest BCUT2D eigenvalue weighted by molar-refractivity contribution is 0.0682. The van der Waals surface area contributed by atoms with E-state index >= 15 is 0 Å². The van der Waals surface area contributed by atoms with E-state index < -0.39 is 0 Å². The van der Waals surface area contributed by atoms with Crippen LogP contribution in [0.3, 0.4) is 0 Å². The Morgan fingerprint density at radius 1 is 1.29 bits per heavy atom. The smallest absolute Gasteiger partial charge is 0.0473 e. The Kier molecular flexibility index (Phi) is 4.37. The van der Waals surface area contributed by atoms with Crippen LogP contribution in [0.1, 0.15) is 51.6 Å². The number of nitrogens with zero attached hydrogens (tertiary/aromatic N) is 1. The Hall–Kier alpha value is -0.860. The minimum absolute atomic E-state index is 0.272. The van der Waals surface area contributed by atoms with Crippen molar-refractivity contribution in [3.8, 4) is 0 Å². The summed E-state index contributed by atoms with van der Waals surface area (Å²) in [4.78, 5) is 2.75. The quantitative estimate of drug-likeness (QED) is 0.884. The molecule has 3 rings (SSSR count). The predicted molar refractivity (Wildman–Crippen MR) is 89.3 cm³/mol. The third kappa shape index (κ3) is 3.49. The highest BCUT2D eigenvalue weighted by molar-refractivity contribution is 5.21. The fraction of sp³-hybridized carbons (Fsp3) is 0.684. The average Bonchev–Trinajstić information content (AvgIpc) is 3.33. The summed E-state index contributed by atoms with van der Waals surface area (Å²) in [6.45, 7) is 10.6. The zero-order valence-electron chi connectivity index (χ0n) is 13.8. The Balaban J connectivity index is 1.76. The molecule has 2 aliphatic rings. The topological polar surface area (TPSA) is 15.3 Å². The molecule has 2 nitrogen and oxygen atoms in total. The van der Waals surface area contributed by atoms with Crippen molar-refractivity contribution >= 4 is 0 Å². The second kappa shape index (κ2) is 6.10. The summed E-state index contributed by atoms with van der Waals surface area (Å²) >= 11 is 0. The molecule has 0 spiro atoms. The van der Waals surface area contributed by atoms with Crippen molar-refractivity contribution in [2.24, 2.45) is 11.8 Å². The van der Waals surface area contributed by atoms with Crippen LogP contribution in [0.25, 0.3) is 0 Å². The van der Waals surface area contributed by atoms with Gasteiger partial charge in [0.2, 0.25) is 0 Å². The van der Waals surface area contributed by atoms with Crippen molar-refractivity contribution in [3.63, 3.8) is 0 Å². The molecule has 0 aromatic heterocycles. The number of hydrogen-bond donors (Lipinski definition) is 1. The van der Waals surface area contributed by atoms with Crippen LogP contribution in [0.15, 0.2) is 30.3 Å². The third-order valence-electron chi connectivity index (χ3n) is 5.63. The van der Waals surface area contributed by atoms with Crippen LogP contribution in [0, 0.1) is 11.8 Å². The fourth-order valence-electron chi connectivity index (χ4n) is 3.70. The first-order valence-electron chi connectivity index (χ1n) is 8.65. The first kappa shape index (κ1) is 15.1. The second-order valence-corrected chi connectivity index (χ2v) is 7.47. The number of nitrogens with one attached hydrogen (secondary N) is 1. The molecule has 1 aromatic rings. The van der Waals surface area contributed by atoms with Crippen LogP contribution in [0.2, 0.25) is 0 Å². The number of rotatable bonds is 5. The number of piperazine rings is 1. The van der Waals surface area contributed by atoms with Crippen LogP contribution in [0.5, 0.6) is 0 Å². The van der Waals surface area contributed by atoms with Gasteiger partial charge in [-0.2, -0.15) is 0 Å². The molecule has 1 N–H and O–H groups in total. The lowest BCUT2D eigenvalue weighted by atomic mass is 9.90. The first-order chi connectivity index (χ1) is 10.1. The molecule has 1 aliphatic heterocycles. The second-order valence-electron chi connectivity index (χ2n) is 7.47. The molecule has 21 heavy (non-hydrogen) atoms. The molecule has 1 aromatic carbocycles. The maximum atomic E-state index is 3.80. The Bertz CT molecular complexity index is 454. The molecule has 0 bridgehead atoms. The van der Waals surface area contributed by atoms with Gasteiger partial charge in [-0.3, -0.25) is 4.90 Å². The van der Waals surface area contributed by atoms with Crippen molar-refractivity contribution < 1.29 is 0 Å². The van der Waals surface area contributed by atoms with E-state index in [0.29, 0.717) is 6.04 Å². The highest BCUT2D eigenvalue weighted by atomic mass is 15.3. The molecule has 1 saturated carbocycles. The van der Waals surface area contributed by atoms with Crippen molar-refractivity contribution in [1.82, 2.24) is 10.2 Å². The summed E-state index contributed by atoms with van der Waals surface area (Å²) in [6.07, 6.45) is 4.10. The van der Waals surface area contributed by atoms with Gasteiger partial charge in [-0.25, -0.2) is 0 Å². The van der Waals surface area contributed by atoms with Gasteiger partial charge in [0.15, 0.2) is 0 Å². The lowest BCUT2D eigenvalue weighted by Gasteiger charge is -2.47. The Morgan fingerprint density at radius 3 is 2.62 bits per heavy atom. The van der Waals surface area contributed by atoms with E-state index in [9.17, 15) is 0 Å². The largest absolute Gasteiger partial charge is 0.308 e. The standard InChI is InChI=1S/C19H30N2/c1-4-19(3)14-21(13-15(2)16-10-11-16)18(12-20-19)17-8-6-5-7-9-17/h5-9,15-16,18,20H,4,10-14H2,1-3H3. The van der Waals surface area contributed by atoms with Gasteiger partial charge in [-0.15, -0.1) is 0 Å². The number of hydrogen-bond acceptors (Lipinski definition) is 2. The van der Waals surface area contributed by atoms with Gasteiger partial charge in [0.05, 0.1) is 0 Å². The highest BCUT2D eigenvalue weighted by Gasteiger charge is 2.37. The van der Waals surface area contributed by atoms with Gasteiger partial charge >= 0.3 is 0 Å². The van der Waals surface area contributed by atoms with E-state index in [1.807, 2.05) is 0 Å². The fourth-order valence-corrected chi connectivity index (χ4v) is 3.70. The summed E-state index contributed by atoms with van der Waals surface area (Å²) < 4.78 is 0. The molecule has 1 heterocycles. The van der Waals surface area contributed by atoms with Crippen molar-refractivity contribution in [2.75, 3.05) is 19.6 Å². The highest BCUT2D eigenvalue weighted by Crippen LogP contribution is 2.38. The predicted octanol–water partition coefficient (Wildman–Crippen LogP) is 3.85. The molecule has 116 valence electrons. The maximum absolute atomic E-state index is 3.80.